The summed E-state index contributed by atoms with van der Waals surface area (Å²) in [6.45, 7) is 0.635. The zero-order valence-corrected chi connectivity index (χ0v) is 16.4. The van der Waals surface area contributed by atoms with Crippen molar-refractivity contribution in [2.75, 3.05) is 16.8 Å². The Kier molecular flexibility index (Phi) is 4.91. The quantitative estimate of drug-likeness (QED) is 0.611. The molecule has 136 valence electrons. The van der Waals surface area contributed by atoms with Gasteiger partial charge < -0.3 is 10.2 Å². The van der Waals surface area contributed by atoms with E-state index in [0.717, 1.165) is 17.7 Å². The Bertz CT molecular complexity index is 1030. The lowest BCUT2D eigenvalue weighted by molar-refractivity contribution is 0.0991. The number of anilines is 2. The summed E-state index contributed by atoms with van der Waals surface area (Å²) in [4.78, 5) is 27.7. The molecular weight excluding hydrogens is 403 g/mol. The average Bonchev–Trinajstić information content (AvgIpc) is 3.33. The summed E-state index contributed by atoms with van der Waals surface area (Å²) >= 11 is 13.3. The summed E-state index contributed by atoms with van der Waals surface area (Å²) in [5.41, 5.74) is 2.96. The molecule has 0 atom stereocenters. The van der Waals surface area contributed by atoms with Gasteiger partial charge in [-0.05, 0) is 53.8 Å². The van der Waals surface area contributed by atoms with Crippen molar-refractivity contribution in [3.8, 4) is 0 Å². The summed E-state index contributed by atoms with van der Waals surface area (Å²) in [6, 6.07) is 14.0. The van der Waals surface area contributed by atoms with Crippen molar-refractivity contribution in [2.45, 2.75) is 6.42 Å². The van der Waals surface area contributed by atoms with Crippen molar-refractivity contribution in [3.05, 3.63) is 80.0 Å². The van der Waals surface area contributed by atoms with Crippen LogP contribution >= 0.6 is 34.5 Å². The molecule has 2 heterocycles. The van der Waals surface area contributed by atoms with E-state index >= 15 is 0 Å². The lowest BCUT2D eigenvalue weighted by atomic mass is 10.1. The van der Waals surface area contributed by atoms with Crippen LogP contribution in [0, 0.1) is 0 Å². The van der Waals surface area contributed by atoms with Crippen molar-refractivity contribution < 1.29 is 9.59 Å². The summed E-state index contributed by atoms with van der Waals surface area (Å²) in [7, 11) is 0. The molecule has 4 nitrogen and oxygen atoms in total. The minimum Gasteiger partial charge on any atom is -0.322 e. The van der Waals surface area contributed by atoms with Crippen LogP contribution in [0.1, 0.15) is 25.6 Å². The smallest absolute Gasteiger partial charge is 0.268 e. The molecule has 0 spiro atoms. The van der Waals surface area contributed by atoms with Crippen LogP contribution in [0.25, 0.3) is 0 Å². The summed E-state index contributed by atoms with van der Waals surface area (Å²) in [5, 5.41) is 5.46. The molecule has 0 fully saturated rings. The minimum absolute atomic E-state index is 0.0169. The Labute approximate surface area is 170 Å². The third-order valence-electron chi connectivity index (χ3n) is 4.40. The maximum atomic E-state index is 12.7. The number of rotatable bonds is 3. The molecule has 7 heteroatoms. The minimum atomic E-state index is -0.289. The number of amides is 2. The topological polar surface area (TPSA) is 49.4 Å². The number of thiophene rings is 1. The number of hydrogen-bond acceptors (Lipinski definition) is 3. The maximum absolute atomic E-state index is 12.7. The highest BCUT2D eigenvalue weighted by molar-refractivity contribution is 7.12. The second-order valence-corrected chi connectivity index (χ2v) is 7.87. The number of hydrogen-bond donors (Lipinski definition) is 1. The molecule has 0 radical (unpaired) electrons. The molecule has 1 aromatic heterocycles. The maximum Gasteiger partial charge on any atom is 0.268 e. The van der Waals surface area contributed by atoms with Crippen LogP contribution in [0.3, 0.4) is 0 Å². The molecule has 27 heavy (non-hydrogen) atoms. The first-order valence-electron chi connectivity index (χ1n) is 8.27. The van der Waals surface area contributed by atoms with Crippen LogP contribution in [-0.4, -0.2) is 18.4 Å². The van der Waals surface area contributed by atoms with Crippen LogP contribution in [0.5, 0.6) is 0 Å². The SMILES string of the molecule is O=C(Nc1ccc2c(c1)N(C(=O)c1cccs1)CC2)c1ccc(Cl)c(Cl)c1. The van der Waals surface area contributed by atoms with Gasteiger partial charge in [-0.25, -0.2) is 0 Å². The van der Waals surface area contributed by atoms with Crippen LogP contribution in [0.2, 0.25) is 10.0 Å². The number of benzene rings is 2. The lowest BCUT2D eigenvalue weighted by Crippen LogP contribution is -2.28. The largest absolute Gasteiger partial charge is 0.322 e. The molecule has 1 N–H and O–H groups in total. The van der Waals surface area contributed by atoms with Crippen molar-refractivity contribution in [2.24, 2.45) is 0 Å². The van der Waals surface area contributed by atoms with E-state index in [4.69, 9.17) is 23.2 Å². The van der Waals surface area contributed by atoms with Gasteiger partial charge in [0, 0.05) is 23.5 Å². The molecular formula is C20H14Cl2N2O2S. The normalized spacial score (nSPS) is 12.7. The average molecular weight is 417 g/mol. The van der Waals surface area contributed by atoms with Gasteiger partial charge in [0.15, 0.2) is 0 Å². The number of nitrogens with one attached hydrogen (secondary N) is 1. The van der Waals surface area contributed by atoms with E-state index in [9.17, 15) is 9.59 Å². The van der Waals surface area contributed by atoms with Gasteiger partial charge in [0.2, 0.25) is 0 Å². The van der Waals surface area contributed by atoms with E-state index in [1.54, 1.807) is 17.0 Å². The Balaban J connectivity index is 1.57. The number of carbonyl (C=O) groups is 2. The number of halogens is 2. The third-order valence-corrected chi connectivity index (χ3v) is 5.99. The Hall–Kier alpha value is -2.34. The zero-order chi connectivity index (χ0) is 19.0. The molecule has 0 saturated carbocycles. The van der Waals surface area contributed by atoms with Crippen LogP contribution in [-0.2, 0) is 6.42 Å². The molecule has 1 aliphatic heterocycles. The molecule has 0 bridgehead atoms. The van der Waals surface area contributed by atoms with E-state index in [-0.39, 0.29) is 11.8 Å². The first-order chi connectivity index (χ1) is 13.0. The summed E-state index contributed by atoms with van der Waals surface area (Å²) in [6.07, 6.45) is 0.799. The predicted molar refractivity (Wildman–Crippen MR) is 111 cm³/mol. The second kappa shape index (κ2) is 7.35. The summed E-state index contributed by atoms with van der Waals surface area (Å²) in [5.74, 6) is -0.306. The second-order valence-electron chi connectivity index (χ2n) is 6.11. The third kappa shape index (κ3) is 3.58. The van der Waals surface area contributed by atoms with Gasteiger partial charge in [0.1, 0.15) is 0 Å². The Morgan fingerprint density at radius 3 is 2.63 bits per heavy atom. The molecule has 1 aliphatic rings. The molecule has 3 aromatic rings. The summed E-state index contributed by atoms with van der Waals surface area (Å²) < 4.78 is 0. The van der Waals surface area contributed by atoms with Crippen molar-refractivity contribution in [3.63, 3.8) is 0 Å². The van der Waals surface area contributed by atoms with Crippen molar-refractivity contribution >= 4 is 57.7 Å². The van der Waals surface area contributed by atoms with E-state index < -0.39 is 0 Å². The molecule has 4 rings (SSSR count). The van der Waals surface area contributed by atoms with Gasteiger partial charge in [0.05, 0.1) is 14.9 Å². The van der Waals surface area contributed by atoms with Gasteiger partial charge in [-0.1, -0.05) is 35.3 Å². The standard InChI is InChI=1S/C20H14Cl2N2O2S/c21-15-6-4-13(10-16(15)22)19(25)23-14-5-3-12-7-8-24(17(12)11-14)20(26)18-2-1-9-27-18/h1-6,9-11H,7-8H2,(H,23,25). The number of carbonyl (C=O) groups excluding carboxylic acids is 2. The fourth-order valence-electron chi connectivity index (χ4n) is 3.04. The molecule has 0 aliphatic carbocycles. The lowest BCUT2D eigenvalue weighted by Gasteiger charge is -2.17. The van der Waals surface area contributed by atoms with Crippen LogP contribution < -0.4 is 10.2 Å². The van der Waals surface area contributed by atoms with Gasteiger partial charge in [-0.15, -0.1) is 11.3 Å². The molecule has 2 aromatic carbocycles. The van der Waals surface area contributed by atoms with Crippen LogP contribution in [0.15, 0.2) is 53.9 Å². The highest BCUT2D eigenvalue weighted by Gasteiger charge is 2.26. The van der Waals surface area contributed by atoms with Crippen molar-refractivity contribution in [1.29, 1.82) is 0 Å². The molecule has 0 saturated heterocycles. The first-order valence-corrected chi connectivity index (χ1v) is 9.91. The van der Waals surface area contributed by atoms with Crippen molar-refractivity contribution in [1.82, 2.24) is 0 Å². The van der Waals surface area contributed by atoms with Gasteiger partial charge in [-0.2, -0.15) is 0 Å². The monoisotopic (exact) mass is 416 g/mol. The van der Waals surface area contributed by atoms with E-state index in [2.05, 4.69) is 5.32 Å². The van der Waals surface area contributed by atoms with E-state index in [0.29, 0.717) is 32.7 Å². The van der Waals surface area contributed by atoms with E-state index in [1.165, 1.54) is 17.4 Å². The van der Waals surface area contributed by atoms with E-state index in [1.807, 2.05) is 35.7 Å². The Morgan fingerprint density at radius 2 is 1.89 bits per heavy atom. The number of fused-ring (bicyclic) bond motifs is 1. The molecule has 2 amide bonds. The fraction of sp³-hybridized carbons (Fsp3) is 0.100. The van der Waals surface area contributed by atoms with Gasteiger partial charge in [0.25, 0.3) is 11.8 Å². The molecule has 0 unspecified atom stereocenters. The zero-order valence-electron chi connectivity index (χ0n) is 14.0. The van der Waals surface area contributed by atoms with Gasteiger partial charge >= 0.3 is 0 Å². The highest BCUT2D eigenvalue weighted by Crippen LogP contribution is 2.33. The number of nitrogens with zero attached hydrogens (tertiary/aromatic N) is 1. The Morgan fingerprint density at radius 1 is 1.04 bits per heavy atom. The first kappa shape index (κ1) is 18.0. The van der Waals surface area contributed by atoms with Crippen LogP contribution in [0.4, 0.5) is 11.4 Å². The fourth-order valence-corrected chi connectivity index (χ4v) is 4.01. The predicted octanol–water partition coefficient (Wildman–Crippen LogP) is 5.51. The van der Waals surface area contributed by atoms with Gasteiger partial charge in [-0.3, -0.25) is 9.59 Å². The highest BCUT2D eigenvalue weighted by atomic mass is 35.5.